The summed E-state index contributed by atoms with van der Waals surface area (Å²) in [6, 6.07) is 6.97. The minimum absolute atomic E-state index is 0.223. The SMILES string of the molecule is Cc1c(C)n(O)c2ccc(NC(=O)c3cc(OCCN4CCOCC4)nc(N4CCOCC4)n3)cc12. The second-order valence-corrected chi connectivity index (χ2v) is 9.00. The molecule has 0 spiro atoms. The highest BCUT2D eigenvalue weighted by Gasteiger charge is 2.20. The molecule has 2 aromatic heterocycles. The molecule has 0 unspecified atom stereocenters. The molecule has 1 aromatic carbocycles. The van der Waals surface area contributed by atoms with Crippen molar-refractivity contribution in [1.82, 2.24) is 19.6 Å². The maximum absolute atomic E-state index is 13.2. The summed E-state index contributed by atoms with van der Waals surface area (Å²) >= 11 is 0. The summed E-state index contributed by atoms with van der Waals surface area (Å²) in [6.07, 6.45) is 0. The van der Waals surface area contributed by atoms with E-state index in [0.29, 0.717) is 55.9 Å². The van der Waals surface area contributed by atoms with Crippen molar-refractivity contribution < 1.29 is 24.2 Å². The first-order chi connectivity index (χ1) is 17.5. The molecule has 3 aromatic rings. The lowest BCUT2D eigenvalue weighted by molar-refractivity contribution is 0.0320. The van der Waals surface area contributed by atoms with Crippen LogP contribution in [0.25, 0.3) is 10.9 Å². The number of carbonyl (C=O) groups is 1. The zero-order valence-electron chi connectivity index (χ0n) is 20.7. The molecule has 192 valence electrons. The fourth-order valence-electron chi connectivity index (χ4n) is 4.44. The van der Waals surface area contributed by atoms with Gasteiger partial charge in [-0.15, -0.1) is 0 Å². The Bertz CT molecular complexity index is 1230. The van der Waals surface area contributed by atoms with Crippen molar-refractivity contribution in [2.75, 3.05) is 76.0 Å². The van der Waals surface area contributed by atoms with E-state index in [4.69, 9.17) is 14.2 Å². The van der Waals surface area contributed by atoms with Crippen LogP contribution in [0.4, 0.5) is 11.6 Å². The van der Waals surface area contributed by atoms with E-state index >= 15 is 0 Å². The van der Waals surface area contributed by atoms with E-state index in [1.54, 1.807) is 18.2 Å². The molecule has 2 N–H and O–H groups in total. The van der Waals surface area contributed by atoms with Crippen molar-refractivity contribution in [2.45, 2.75) is 13.8 Å². The number of anilines is 2. The third kappa shape index (κ3) is 5.23. The molecule has 0 saturated carbocycles. The van der Waals surface area contributed by atoms with Crippen LogP contribution in [0.2, 0.25) is 0 Å². The molecule has 0 aliphatic carbocycles. The summed E-state index contributed by atoms with van der Waals surface area (Å²) in [5, 5.41) is 14.0. The predicted octanol–water partition coefficient (Wildman–Crippen LogP) is 2.09. The molecule has 5 rings (SSSR count). The molecular formula is C25H32N6O5. The van der Waals surface area contributed by atoms with E-state index in [9.17, 15) is 10.0 Å². The number of morpholine rings is 2. The van der Waals surface area contributed by atoms with E-state index in [-0.39, 0.29) is 11.6 Å². The van der Waals surface area contributed by atoms with Crippen LogP contribution >= 0.6 is 0 Å². The number of nitrogens with zero attached hydrogens (tertiary/aromatic N) is 5. The number of fused-ring (bicyclic) bond motifs is 1. The van der Waals surface area contributed by atoms with Crippen LogP contribution in [0.15, 0.2) is 24.3 Å². The van der Waals surface area contributed by atoms with Crippen LogP contribution in [0.1, 0.15) is 21.7 Å². The molecule has 4 heterocycles. The Kier molecular flexibility index (Phi) is 7.21. The molecule has 0 atom stereocenters. The second-order valence-electron chi connectivity index (χ2n) is 9.00. The minimum atomic E-state index is -0.359. The monoisotopic (exact) mass is 496 g/mol. The summed E-state index contributed by atoms with van der Waals surface area (Å²) in [5.41, 5.74) is 3.24. The molecular weight excluding hydrogens is 464 g/mol. The summed E-state index contributed by atoms with van der Waals surface area (Å²) in [4.78, 5) is 26.6. The number of aryl methyl sites for hydroxylation is 1. The lowest BCUT2D eigenvalue weighted by Gasteiger charge is -2.27. The van der Waals surface area contributed by atoms with Gasteiger partial charge in [0.05, 0.1) is 37.6 Å². The van der Waals surface area contributed by atoms with Crippen LogP contribution in [-0.4, -0.2) is 96.5 Å². The van der Waals surface area contributed by atoms with Crippen molar-refractivity contribution in [3.8, 4) is 5.88 Å². The molecule has 2 aliphatic rings. The highest BCUT2D eigenvalue weighted by Crippen LogP contribution is 2.27. The third-order valence-corrected chi connectivity index (χ3v) is 6.73. The van der Waals surface area contributed by atoms with Gasteiger partial charge in [0.25, 0.3) is 5.91 Å². The van der Waals surface area contributed by atoms with Gasteiger partial charge in [-0.3, -0.25) is 9.69 Å². The number of carbonyl (C=O) groups excluding carboxylic acids is 1. The molecule has 2 aliphatic heterocycles. The van der Waals surface area contributed by atoms with E-state index < -0.39 is 0 Å². The number of benzene rings is 1. The van der Waals surface area contributed by atoms with Gasteiger partial charge in [-0.1, -0.05) is 0 Å². The number of rotatable bonds is 7. The first-order valence-electron chi connectivity index (χ1n) is 12.3. The van der Waals surface area contributed by atoms with Gasteiger partial charge in [-0.25, -0.2) is 4.98 Å². The summed E-state index contributed by atoms with van der Waals surface area (Å²) in [5.74, 6) is 0.456. The van der Waals surface area contributed by atoms with Gasteiger partial charge >= 0.3 is 0 Å². The Balaban J connectivity index is 1.35. The number of hydrogen-bond donors (Lipinski definition) is 2. The summed E-state index contributed by atoms with van der Waals surface area (Å²) in [6.45, 7) is 10.7. The van der Waals surface area contributed by atoms with Crippen molar-refractivity contribution in [1.29, 1.82) is 0 Å². The van der Waals surface area contributed by atoms with Gasteiger partial charge in [0.2, 0.25) is 11.8 Å². The van der Waals surface area contributed by atoms with Crippen molar-refractivity contribution in [3.63, 3.8) is 0 Å². The standard InChI is InChI=1S/C25H32N6O5/c1-17-18(2)31(33)22-4-3-19(15-20(17)22)26-24(32)21-16-23(36-14-7-29-5-10-34-11-6-29)28-25(27-21)30-8-12-35-13-9-30/h3-4,15-16,33H,5-14H2,1-2H3,(H,26,32). The zero-order valence-corrected chi connectivity index (χ0v) is 20.7. The highest BCUT2D eigenvalue weighted by molar-refractivity contribution is 6.04. The van der Waals surface area contributed by atoms with E-state index in [1.807, 2.05) is 24.8 Å². The number of amides is 1. The fourth-order valence-corrected chi connectivity index (χ4v) is 4.44. The lowest BCUT2D eigenvalue weighted by Crippen LogP contribution is -2.39. The van der Waals surface area contributed by atoms with E-state index in [1.165, 1.54) is 0 Å². The Morgan fingerprint density at radius 3 is 2.53 bits per heavy atom. The van der Waals surface area contributed by atoms with Gasteiger partial charge in [-0.2, -0.15) is 9.71 Å². The van der Waals surface area contributed by atoms with Crippen molar-refractivity contribution in [3.05, 3.63) is 41.2 Å². The van der Waals surface area contributed by atoms with Gasteiger partial charge < -0.3 is 29.6 Å². The van der Waals surface area contributed by atoms with Gasteiger partial charge in [-0.05, 0) is 37.6 Å². The number of ether oxygens (including phenoxy) is 3. The van der Waals surface area contributed by atoms with E-state index in [2.05, 4.69) is 20.2 Å². The average Bonchev–Trinajstić information content (AvgIpc) is 3.13. The number of hydrogen-bond acceptors (Lipinski definition) is 9. The topological polar surface area (TPSA) is 114 Å². The van der Waals surface area contributed by atoms with E-state index in [0.717, 1.165) is 54.2 Å². The molecule has 1 amide bonds. The van der Waals surface area contributed by atoms with Gasteiger partial charge in [0.1, 0.15) is 12.3 Å². The Morgan fingerprint density at radius 2 is 1.78 bits per heavy atom. The molecule has 11 heteroatoms. The van der Waals surface area contributed by atoms with Gasteiger partial charge in [0.15, 0.2) is 0 Å². The van der Waals surface area contributed by atoms with Crippen molar-refractivity contribution in [2.24, 2.45) is 0 Å². The van der Waals surface area contributed by atoms with Crippen LogP contribution < -0.4 is 15.0 Å². The maximum Gasteiger partial charge on any atom is 0.274 e. The third-order valence-electron chi connectivity index (χ3n) is 6.73. The molecule has 11 nitrogen and oxygen atoms in total. The Labute approximate surface area is 209 Å². The summed E-state index contributed by atoms with van der Waals surface area (Å²) in [7, 11) is 0. The van der Waals surface area contributed by atoms with Gasteiger partial charge in [0, 0.05) is 49.9 Å². The maximum atomic E-state index is 13.2. The Hall–Kier alpha value is -3.41. The molecule has 2 fully saturated rings. The van der Waals surface area contributed by atoms with Crippen LogP contribution in [0.3, 0.4) is 0 Å². The molecule has 36 heavy (non-hydrogen) atoms. The van der Waals surface area contributed by atoms with Crippen LogP contribution in [0, 0.1) is 13.8 Å². The molecule has 0 bridgehead atoms. The minimum Gasteiger partial charge on any atom is -0.476 e. The Morgan fingerprint density at radius 1 is 1.06 bits per heavy atom. The largest absolute Gasteiger partial charge is 0.476 e. The van der Waals surface area contributed by atoms with Crippen LogP contribution in [-0.2, 0) is 9.47 Å². The quantitative estimate of drug-likeness (QED) is 0.475. The molecule has 0 radical (unpaired) electrons. The normalized spacial score (nSPS) is 16.9. The smallest absolute Gasteiger partial charge is 0.274 e. The van der Waals surface area contributed by atoms with Crippen molar-refractivity contribution >= 4 is 28.4 Å². The fraction of sp³-hybridized carbons (Fsp3) is 0.480. The highest BCUT2D eigenvalue weighted by atomic mass is 16.5. The predicted molar refractivity (Wildman–Crippen MR) is 134 cm³/mol. The lowest BCUT2D eigenvalue weighted by atomic mass is 10.1. The number of nitrogens with one attached hydrogen (secondary N) is 1. The zero-order chi connectivity index (χ0) is 25.1. The van der Waals surface area contributed by atoms with Crippen LogP contribution in [0.5, 0.6) is 5.88 Å². The first kappa shape index (κ1) is 24.3. The second kappa shape index (κ2) is 10.7. The first-order valence-corrected chi connectivity index (χ1v) is 12.3. The average molecular weight is 497 g/mol. The summed E-state index contributed by atoms with van der Waals surface area (Å²) < 4.78 is 18.0. The number of aromatic nitrogens is 3. The molecule has 2 saturated heterocycles.